The number of rotatable bonds is 7. The molecule has 0 radical (unpaired) electrons. The van der Waals surface area contributed by atoms with Crippen LogP contribution in [0.4, 0.5) is 11.4 Å². The number of halogens is 3. The third-order valence-electron chi connectivity index (χ3n) is 3.73. The molecule has 0 aliphatic heterocycles. The van der Waals surface area contributed by atoms with Gasteiger partial charge in [0.2, 0.25) is 0 Å². The van der Waals surface area contributed by atoms with Crippen molar-refractivity contribution in [3.63, 3.8) is 0 Å². The Labute approximate surface area is 192 Å². The highest BCUT2D eigenvalue weighted by Gasteiger charge is 2.15. The van der Waals surface area contributed by atoms with E-state index in [-0.39, 0.29) is 23.1 Å². The van der Waals surface area contributed by atoms with Gasteiger partial charge < -0.3 is 10.1 Å². The van der Waals surface area contributed by atoms with E-state index in [2.05, 4.69) is 26.0 Å². The third-order valence-corrected chi connectivity index (χ3v) is 6.05. The molecule has 0 spiro atoms. The molecule has 0 saturated carbocycles. The van der Waals surface area contributed by atoms with E-state index in [0.29, 0.717) is 21.5 Å². The fourth-order valence-electron chi connectivity index (χ4n) is 2.45. The van der Waals surface area contributed by atoms with Gasteiger partial charge in [-0.05, 0) is 60.7 Å². The SMILES string of the molecule is O=C(COc1ccc(S(=O)(=O)Nc2cc(Cl)cc(Cl)c2)cc1)Nc1cccc(Br)c1. The lowest BCUT2D eigenvalue weighted by molar-refractivity contribution is -0.118. The number of carbonyl (C=O) groups is 1. The van der Waals surface area contributed by atoms with Crippen LogP contribution in [0.3, 0.4) is 0 Å². The number of ether oxygens (including phenoxy) is 1. The van der Waals surface area contributed by atoms with Gasteiger partial charge in [0, 0.05) is 20.2 Å². The Morgan fingerprint density at radius 2 is 1.60 bits per heavy atom. The summed E-state index contributed by atoms with van der Waals surface area (Å²) in [6.45, 7) is -0.224. The van der Waals surface area contributed by atoms with E-state index >= 15 is 0 Å². The monoisotopic (exact) mass is 528 g/mol. The normalized spacial score (nSPS) is 11.0. The second-order valence-corrected chi connectivity index (χ2v) is 9.55. The van der Waals surface area contributed by atoms with Crippen LogP contribution in [0.2, 0.25) is 10.0 Å². The van der Waals surface area contributed by atoms with Crippen molar-refractivity contribution >= 4 is 66.4 Å². The second kappa shape index (κ2) is 9.70. The first-order chi connectivity index (χ1) is 14.2. The van der Waals surface area contributed by atoms with Crippen LogP contribution in [0, 0.1) is 0 Å². The summed E-state index contributed by atoms with van der Waals surface area (Å²) in [4.78, 5) is 12.0. The van der Waals surface area contributed by atoms with Crippen molar-refractivity contribution in [2.75, 3.05) is 16.6 Å². The lowest BCUT2D eigenvalue weighted by Gasteiger charge is -2.11. The Morgan fingerprint density at radius 3 is 2.23 bits per heavy atom. The van der Waals surface area contributed by atoms with E-state index in [4.69, 9.17) is 27.9 Å². The average molecular weight is 530 g/mol. The van der Waals surface area contributed by atoms with Gasteiger partial charge in [0.1, 0.15) is 5.75 Å². The van der Waals surface area contributed by atoms with E-state index < -0.39 is 10.0 Å². The molecule has 3 rings (SSSR count). The molecular formula is C20H15BrCl2N2O4S. The summed E-state index contributed by atoms with van der Waals surface area (Å²) in [7, 11) is -3.85. The number of hydrogen-bond acceptors (Lipinski definition) is 4. The van der Waals surface area contributed by atoms with Crippen molar-refractivity contribution in [2.45, 2.75) is 4.90 Å². The van der Waals surface area contributed by atoms with E-state index in [1.54, 1.807) is 18.2 Å². The first-order valence-electron chi connectivity index (χ1n) is 8.48. The summed E-state index contributed by atoms with van der Waals surface area (Å²) in [5.41, 5.74) is 0.878. The fraction of sp³-hybridized carbons (Fsp3) is 0.0500. The maximum absolute atomic E-state index is 12.5. The van der Waals surface area contributed by atoms with Crippen LogP contribution in [-0.2, 0) is 14.8 Å². The van der Waals surface area contributed by atoms with Gasteiger partial charge in [-0.15, -0.1) is 0 Å². The molecule has 0 aliphatic carbocycles. The van der Waals surface area contributed by atoms with Crippen molar-refractivity contribution in [3.05, 3.63) is 81.2 Å². The highest BCUT2D eigenvalue weighted by molar-refractivity contribution is 9.10. The second-order valence-electron chi connectivity index (χ2n) is 6.08. The summed E-state index contributed by atoms with van der Waals surface area (Å²) < 4.78 is 33.7. The molecule has 30 heavy (non-hydrogen) atoms. The minimum Gasteiger partial charge on any atom is -0.484 e. The average Bonchev–Trinajstić information content (AvgIpc) is 2.65. The number of hydrogen-bond donors (Lipinski definition) is 2. The Balaban J connectivity index is 1.60. The number of benzene rings is 3. The summed E-state index contributed by atoms with van der Waals surface area (Å²) in [6, 6.07) is 17.2. The zero-order valence-electron chi connectivity index (χ0n) is 15.2. The molecular weight excluding hydrogens is 515 g/mol. The maximum Gasteiger partial charge on any atom is 0.262 e. The van der Waals surface area contributed by atoms with Gasteiger partial charge in [-0.2, -0.15) is 0 Å². The molecule has 3 aromatic rings. The van der Waals surface area contributed by atoms with Gasteiger partial charge in [-0.1, -0.05) is 45.2 Å². The van der Waals surface area contributed by atoms with Gasteiger partial charge in [-0.3, -0.25) is 9.52 Å². The number of carbonyl (C=O) groups excluding carboxylic acids is 1. The summed E-state index contributed by atoms with van der Waals surface area (Å²) in [6.07, 6.45) is 0. The molecule has 0 saturated heterocycles. The fourth-order valence-corrected chi connectivity index (χ4v) is 4.42. The molecule has 0 atom stereocenters. The molecule has 0 aromatic heterocycles. The predicted molar refractivity (Wildman–Crippen MR) is 122 cm³/mol. The number of amides is 1. The van der Waals surface area contributed by atoms with Crippen molar-refractivity contribution < 1.29 is 17.9 Å². The first-order valence-corrected chi connectivity index (χ1v) is 11.5. The lowest BCUT2D eigenvalue weighted by atomic mass is 10.3. The number of sulfonamides is 1. The molecule has 0 unspecified atom stereocenters. The largest absolute Gasteiger partial charge is 0.484 e. The molecule has 3 aromatic carbocycles. The highest BCUT2D eigenvalue weighted by atomic mass is 79.9. The van der Waals surface area contributed by atoms with Gasteiger partial charge in [0.25, 0.3) is 15.9 Å². The zero-order chi connectivity index (χ0) is 21.7. The summed E-state index contributed by atoms with van der Waals surface area (Å²) in [5, 5.41) is 3.32. The molecule has 0 bridgehead atoms. The van der Waals surface area contributed by atoms with Crippen LogP contribution in [0.15, 0.2) is 76.1 Å². The predicted octanol–water partition coefficient (Wildman–Crippen LogP) is 5.57. The molecule has 1 amide bonds. The number of anilines is 2. The molecule has 2 N–H and O–H groups in total. The quantitative estimate of drug-likeness (QED) is 0.418. The van der Waals surface area contributed by atoms with Crippen LogP contribution in [0.25, 0.3) is 0 Å². The van der Waals surface area contributed by atoms with Gasteiger partial charge >= 0.3 is 0 Å². The minimum atomic E-state index is -3.85. The highest BCUT2D eigenvalue weighted by Crippen LogP contribution is 2.25. The smallest absolute Gasteiger partial charge is 0.262 e. The molecule has 156 valence electrons. The van der Waals surface area contributed by atoms with E-state index in [0.717, 1.165) is 4.47 Å². The summed E-state index contributed by atoms with van der Waals surface area (Å²) in [5.74, 6) is 0.00782. The lowest BCUT2D eigenvalue weighted by Crippen LogP contribution is -2.20. The number of nitrogens with one attached hydrogen (secondary N) is 2. The summed E-state index contributed by atoms with van der Waals surface area (Å²) >= 11 is 15.1. The zero-order valence-corrected chi connectivity index (χ0v) is 19.1. The Kier molecular flexibility index (Phi) is 7.25. The van der Waals surface area contributed by atoms with Gasteiger partial charge in [-0.25, -0.2) is 8.42 Å². The van der Waals surface area contributed by atoms with E-state index in [1.807, 2.05) is 6.07 Å². The van der Waals surface area contributed by atoms with Crippen LogP contribution in [-0.4, -0.2) is 20.9 Å². The molecule has 0 fully saturated rings. The Morgan fingerprint density at radius 1 is 0.933 bits per heavy atom. The van der Waals surface area contributed by atoms with Crippen molar-refractivity contribution in [2.24, 2.45) is 0 Å². The Hall–Kier alpha value is -2.26. The van der Waals surface area contributed by atoms with E-state index in [1.165, 1.54) is 42.5 Å². The van der Waals surface area contributed by atoms with Gasteiger partial charge in [0.15, 0.2) is 6.61 Å². The van der Waals surface area contributed by atoms with Crippen LogP contribution < -0.4 is 14.8 Å². The van der Waals surface area contributed by atoms with Crippen LogP contribution in [0.5, 0.6) is 5.75 Å². The van der Waals surface area contributed by atoms with Crippen LogP contribution >= 0.6 is 39.1 Å². The third kappa shape index (κ3) is 6.37. The molecule has 0 heterocycles. The minimum absolute atomic E-state index is 0.0181. The van der Waals surface area contributed by atoms with Crippen LogP contribution in [0.1, 0.15) is 0 Å². The molecule has 0 aliphatic rings. The van der Waals surface area contributed by atoms with Crippen molar-refractivity contribution in [3.8, 4) is 5.75 Å². The molecule has 6 nitrogen and oxygen atoms in total. The first kappa shape index (κ1) is 22.4. The molecule has 10 heteroatoms. The Bertz CT molecular complexity index is 1150. The van der Waals surface area contributed by atoms with E-state index in [9.17, 15) is 13.2 Å². The van der Waals surface area contributed by atoms with Crippen molar-refractivity contribution in [1.29, 1.82) is 0 Å². The van der Waals surface area contributed by atoms with Crippen molar-refractivity contribution in [1.82, 2.24) is 0 Å². The standard InChI is InChI=1S/C20H15BrCl2N2O4S/c21-13-2-1-3-16(8-13)24-20(26)12-29-18-4-6-19(7-5-18)30(27,28)25-17-10-14(22)9-15(23)11-17/h1-11,25H,12H2,(H,24,26). The topological polar surface area (TPSA) is 84.5 Å². The maximum atomic E-state index is 12.5. The van der Waals surface area contributed by atoms with Gasteiger partial charge in [0.05, 0.1) is 10.6 Å².